The number of anilines is 1. The number of fused-ring (bicyclic) bond motifs is 1. The lowest BCUT2D eigenvalue weighted by Crippen LogP contribution is -2.28. The zero-order valence-corrected chi connectivity index (χ0v) is 10.7. The fourth-order valence-corrected chi connectivity index (χ4v) is 2.58. The molecule has 3 rings (SSSR count). The highest BCUT2D eigenvalue weighted by Gasteiger charge is 2.35. The summed E-state index contributed by atoms with van der Waals surface area (Å²) in [5, 5.41) is 19.7. The van der Waals surface area contributed by atoms with Gasteiger partial charge in [0.15, 0.2) is 11.5 Å². The second-order valence-corrected chi connectivity index (χ2v) is 4.98. The molecule has 4 N–H and O–H groups in total. The summed E-state index contributed by atoms with van der Waals surface area (Å²) in [4.78, 5) is 12.1. The topological polar surface area (TPSA) is 110 Å². The number of rotatable bonds is 1. The molecule has 1 aliphatic carbocycles. The standard InChI is InChI=1S/C10H10BrN5O2/c11-4-1-5(8(18)7(4)17)16-3-15-6-9(12)13-2-14-10(6)16/h1-3,5,7-8,17-18H,(H2,12,13,14)/t5-,7-,8+/m1/s1. The summed E-state index contributed by atoms with van der Waals surface area (Å²) >= 11 is 3.21. The first kappa shape index (κ1) is 11.6. The minimum absolute atomic E-state index is 0.287. The minimum atomic E-state index is -0.951. The Morgan fingerprint density at radius 1 is 1.28 bits per heavy atom. The molecule has 94 valence electrons. The number of imidazole rings is 1. The van der Waals surface area contributed by atoms with Crippen LogP contribution in [0.15, 0.2) is 23.2 Å². The Morgan fingerprint density at radius 2 is 2.06 bits per heavy atom. The maximum Gasteiger partial charge on any atom is 0.166 e. The van der Waals surface area contributed by atoms with E-state index in [1.165, 1.54) is 12.7 Å². The molecule has 0 saturated heterocycles. The Hall–Kier alpha value is -1.51. The molecule has 0 aliphatic heterocycles. The normalized spacial score (nSPS) is 27.7. The minimum Gasteiger partial charge on any atom is -0.388 e. The van der Waals surface area contributed by atoms with Crippen molar-refractivity contribution in [2.45, 2.75) is 18.2 Å². The van der Waals surface area contributed by atoms with Crippen molar-refractivity contribution in [1.82, 2.24) is 19.5 Å². The number of hydrogen-bond donors (Lipinski definition) is 3. The highest BCUT2D eigenvalue weighted by Crippen LogP contribution is 2.34. The average Bonchev–Trinajstić information content (AvgIpc) is 2.88. The molecular weight excluding hydrogens is 302 g/mol. The van der Waals surface area contributed by atoms with Gasteiger partial charge in [-0.3, -0.25) is 0 Å². The van der Waals surface area contributed by atoms with Crippen LogP contribution in [0.4, 0.5) is 5.82 Å². The van der Waals surface area contributed by atoms with E-state index in [1.807, 2.05) is 0 Å². The van der Waals surface area contributed by atoms with E-state index in [9.17, 15) is 10.2 Å². The predicted molar refractivity (Wildman–Crippen MR) is 67.8 cm³/mol. The van der Waals surface area contributed by atoms with Gasteiger partial charge in [-0.1, -0.05) is 15.9 Å². The lowest BCUT2D eigenvalue weighted by Gasteiger charge is -2.18. The number of aliphatic hydroxyl groups is 2. The summed E-state index contributed by atoms with van der Waals surface area (Å²) in [7, 11) is 0. The van der Waals surface area contributed by atoms with E-state index in [1.54, 1.807) is 10.6 Å². The lowest BCUT2D eigenvalue weighted by atomic mass is 10.2. The van der Waals surface area contributed by atoms with Crippen LogP contribution in [0, 0.1) is 0 Å². The molecule has 7 nitrogen and oxygen atoms in total. The number of nitrogens with zero attached hydrogens (tertiary/aromatic N) is 4. The molecule has 3 atom stereocenters. The summed E-state index contributed by atoms with van der Waals surface area (Å²) in [6.45, 7) is 0. The molecule has 1 aliphatic rings. The monoisotopic (exact) mass is 311 g/mol. The smallest absolute Gasteiger partial charge is 0.166 e. The lowest BCUT2D eigenvalue weighted by molar-refractivity contribution is 0.0364. The van der Waals surface area contributed by atoms with Crippen LogP contribution in [0.25, 0.3) is 11.2 Å². The van der Waals surface area contributed by atoms with Gasteiger partial charge in [0, 0.05) is 4.48 Å². The van der Waals surface area contributed by atoms with E-state index in [-0.39, 0.29) is 5.82 Å². The SMILES string of the molecule is Nc1ncnc2c1ncn2[C@@H]1C=C(Br)[C@@H](O)[C@H]1O. The van der Waals surface area contributed by atoms with Gasteiger partial charge in [0.25, 0.3) is 0 Å². The number of aromatic nitrogens is 4. The molecule has 0 bridgehead atoms. The van der Waals surface area contributed by atoms with E-state index < -0.39 is 18.2 Å². The van der Waals surface area contributed by atoms with Crippen molar-refractivity contribution in [3.8, 4) is 0 Å². The van der Waals surface area contributed by atoms with Crippen molar-refractivity contribution in [3.05, 3.63) is 23.2 Å². The van der Waals surface area contributed by atoms with Gasteiger partial charge >= 0.3 is 0 Å². The van der Waals surface area contributed by atoms with Crippen LogP contribution in [0.5, 0.6) is 0 Å². The zero-order chi connectivity index (χ0) is 12.9. The van der Waals surface area contributed by atoms with Gasteiger partial charge in [0.2, 0.25) is 0 Å². The van der Waals surface area contributed by atoms with Crippen LogP contribution in [0.2, 0.25) is 0 Å². The Bertz CT molecular complexity index is 640. The molecule has 2 aromatic heterocycles. The van der Waals surface area contributed by atoms with Crippen LogP contribution in [-0.4, -0.2) is 41.9 Å². The third-order valence-electron chi connectivity index (χ3n) is 2.99. The highest BCUT2D eigenvalue weighted by molar-refractivity contribution is 9.11. The van der Waals surface area contributed by atoms with E-state index in [0.29, 0.717) is 15.6 Å². The van der Waals surface area contributed by atoms with Gasteiger partial charge in [-0.25, -0.2) is 15.0 Å². The molecule has 0 unspecified atom stereocenters. The Morgan fingerprint density at radius 3 is 2.72 bits per heavy atom. The van der Waals surface area contributed by atoms with E-state index in [0.717, 1.165) is 0 Å². The Balaban J connectivity index is 2.14. The van der Waals surface area contributed by atoms with Crippen molar-refractivity contribution in [1.29, 1.82) is 0 Å². The van der Waals surface area contributed by atoms with Gasteiger partial charge in [-0.05, 0) is 6.08 Å². The molecule has 0 spiro atoms. The largest absolute Gasteiger partial charge is 0.388 e. The molecule has 0 saturated carbocycles. The zero-order valence-electron chi connectivity index (χ0n) is 9.10. The van der Waals surface area contributed by atoms with Crippen molar-refractivity contribution >= 4 is 32.9 Å². The third kappa shape index (κ3) is 1.53. The van der Waals surface area contributed by atoms with Gasteiger partial charge < -0.3 is 20.5 Å². The molecule has 2 aromatic rings. The third-order valence-corrected chi connectivity index (χ3v) is 3.73. The average molecular weight is 312 g/mol. The first-order valence-corrected chi connectivity index (χ1v) is 6.05. The van der Waals surface area contributed by atoms with E-state index in [4.69, 9.17) is 5.73 Å². The number of hydrogen-bond acceptors (Lipinski definition) is 6. The molecule has 18 heavy (non-hydrogen) atoms. The Labute approximate surface area is 110 Å². The van der Waals surface area contributed by atoms with Crippen LogP contribution in [-0.2, 0) is 0 Å². The summed E-state index contributed by atoms with van der Waals surface area (Å²) in [5.41, 5.74) is 6.70. The van der Waals surface area contributed by atoms with Crippen LogP contribution >= 0.6 is 15.9 Å². The summed E-state index contributed by atoms with van der Waals surface area (Å²) in [6.07, 6.45) is 2.69. The molecule has 2 heterocycles. The van der Waals surface area contributed by atoms with Crippen LogP contribution in [0.1, 0.15) is 6.04 Å². The second kappa shape index (κ2) is 4.01. The number of aliphatic hydroxyl groups excluding tert-OH is 2. The van der Waals surface area contributed by atoms with Crippen LogP contribution in [0.3, 0.4) is 0 Å². The van der Waals surface area contributed by atoms with Gasteiger partial charge in [0.05, 0.1) is 12.4 Å². The highest BCUT2D eigenvalue weighted by atomic mass is 79.9. The molecule has 0 amide bonds. The summed E-state index contributed by atoms with van der Waals surface area (Å²) in [6, 6.07) is -0.436. The fourth-order valence-electron chi connectivity index (χ4n) is 2.04. The van der Waals surface area contributed by atoms with Crippen LogP contribution < -0.4 is 5.73 Å². The van der Waals surface area contributed by atoms with Crippen molar-refractivity contribution < 1.29 is 10.2 Å². The van der Waals surface area contributed by atoms with Crippen molar-refractivity contribution in [2.24, 2.45) is 0 Å². The first-order chi connectivity index (χ1) is 8.59. The quantitative estimate of drug-likeness (QED) is 0.682. The number of nitrogens with two attached hydrogens (primary N) is 1. The van der Waals surface area contributed by atoms with E-state index in [2.05, 4.69) is 30.9 Å². The maximum atomic E-state index is 9.97. The fraction of sp³-hybridized carbons (Fsp3) is 0.300. The van der Waals surface area contributed by atoms with E-state index >= 15 is 0 Å². The van der Waals surface area contributed by atoms with Gasteiger partial charge in [-0.2, -0.15) is 0 Å². The summed E-state index contributed by atoms with van der Waals surface area (Å²) in [5.74, 6) is 0.287. The number of halogens is 1. The number of nitrogen functional groups attached to an aromatic ring is 1. The molecular formula is C10H10BrN5O2. The predicted octanol–water partition coefficient (Wildman–Crippen LogP) is -0.0362. The summed E-state index contributed by atoms with van der Waals surface area (Å²) < 4.78 is 2.21. The molecule has 8 heteroatoms. The first-order valence-electron chi connectivity index (χ1n) is 5.26. The molecule has 0 aromatic carbocycles. The van der Waals surface area contributed by atoms with Gasteiger partial charge in [0.1, 0.15) is 24.1 Å². The van der Waals surface area contributed by atoms with Crippen molar-refractivity contribution in [3.63, 3.8) is 0 Å². The molecule has 0 fully saturated rings. The maximum absolute atomic E-state index is 9.97. The van der Waals surface area contributed by atoms with Crippen molar-refractivity contribution in [2.75, 3.05) is 5.73 Å². The van der Waals surface area contributed by atoms with Gasteiger partial charge in [-0.15, -0.1) is 0 Å². The second-order valence-electron chi connectivity index (χ2n) is 4.06. The molecule has 0 radical (unpaired) electrons. The Kier molecular flexibility index (Phi) is 2.58.